The van der Waals surface area contributed by atoms with Crippen LogP contribution in [0.5, 0.6) is 0 Å². The molecule has 1 aliphatic heterocycles. The summed E-state index contributed by atoms with van der Waals surface area (Å²) < 4.78 is 0. The van der Waals surface area contributed by atoms with Crippen LogP contribution in [0, 0.1) is 11.8 Å². The lowest BCUT2D eigenvalue weighted by molar-refractivity contribution is -0.137. The highest BCUT2D eigenvalue weighted by atomic mass is 16.2. The van der Waals surface area contributed by atoms with Crippen molar-refractivity contribution in [3.8, 4) is 0 Å². The molecular formula is C21H33N3O5. The number of nitrogens with one attached hydrogen (secondary N) is 2. The first-order chi connectivity index (χ1) is 13.5. The Morgan fingerprint density at radius 1 is 0.897 bits per heavy atom. The van der Waals surface area contributed by atoms with Gasteiger partial charge in [0.2, 0.25) is 11.8 Å². The zero-order valence-electron chi connectivity index (χ0n) is 18.0. The van der Waals surface area contributed by atoms with Crippen molar-refractivity contribution < 1.29 is 24.0 Å². The second-order valence-electron chi connectivity index (χ2n) is 8.05. The zero-order chi connectivity index (χ0) is 22.1. The number of imide groups is 1. The summed E-state index contributed by atoms with van der Waals surface area (Å²) in [7, 11) is 0. The quantitative estimate of drug-likeness (QED) is 0.374. The third kappa shape index (κ3) is 7.79. The monoisotopic (exact) mass is 407 g/mol. The normalized spacial score (nSPS) is 15.8. The molecule has 1 aliphatic rings. The zero-order valence-corrected chi connectivity index (χ0v) is 18.0. The van der Waals surface area contributed by atoms with Gasteiger partial charge in [-0.25, -0.2) is 0 Å². The summed E-state index contributed by atoms with van der Waals surface area (Å²) in [6.45, 7) is 9.20. The predicted octanol–water partition coefficient (Wildman–Crippen LogP) is 1.34. The number of unbranched alkanes of at least 4 members (excludes halogenated alkanes) is 2. The van der Waals surface area contributed by atoms with Crippen LogP contribution < -0.4 is 10.6 Å². The number of hydrogen-bond acceptors (Lipinski definition) is 5. The molecule has 0 spiro atoms. The molecule has 8 nitrogen and oxygen atoms in total. The number of hydrogen-bond donors (Lipinski definition) is 2. The maximum Gasteiger partial charge on any atom is 0.253 e. The van der Waals surface area contributed by atoms with Crippen LogP contribution in [0.4, 0.5) is 0 Å². The standard InChI is InChI=1S/C21H33N3O5/c1-13(2)19(21(29)22-15(5)20(28)14(3)4)23-16(25)9-7-6-8-12-24-17(26)10-11-18(24)27/h10-11,13-15,19H,6-9,12H2,1-5H3,(H,22,29)(H,23,25)/t15-,19-/m0/s1. The number of Topliss-reactive ketones (excluding diaryl/α,β-unsaturated/α-hetero) is 1. The van der Waals surface area contributed by atoms with Gasteiger partial charge in [0.1, 0.15) is 6.04 Å². The average molecular weight is 408 g/mol. The molecule has 0 fully saturated rings. The molecule has 0 aromatic carbocycles. The van der Waals surface area contributed by atoms with E-state index in [1.807, 2.05) is 13.8 Å². The molecule has 0 saturated carbocycles. The molecule has 162 valence electrons. The Hall–Kier alpha value is -2.51. The Balaban J connectivity index is 2.38. The van der Waals surface area contributed by atoms with E-state index in [2.05, 4.69) is 10.6 Å². The number of carbonyl (C=O) groups is 5. The topological polar surface area (TPSA) is 113 Å². The van der Waals surface area contributed by atoms with Crippen molar-refractivity contribution in [2.24, 2.45) is 11.8 Å². The molecule has 0 saturated heterocycles. The van der Waals surface area contributed by atoms with Crippen molar-refractivity contribution >= 4 is 29.4 Å². The van der Waals surface area contributed by atoms with Gasteiger partial charge in [0.05, 0.1) is 6.04 Å². The fourth-order valence-corrected chi connectivity index (χ4v) is 3.04. The average Bonchev–Trinajstić information content (AvgIpc) is 2.96. The van der Waals surface area contributed by atoms with Crippen LogP contribution in [-0.2, 0) is 24.0 Å². The first-order valence-electron chi connectivity index (χ1n) is 10.2. The molecule has 0 aliphatic carbocycles. The van der Waals surface area contributed by atoms with Gasteiger partial charge < -0.3 is 10.6 Å². The minimum absolute atomic E-state index is 0.0580. The van der Waals surface area contributed by atoms with E-state index >= 15 is 0 Å². The Kier molecular flexibility index (Phi) is 9.71. The van der Waals surface area contributed by atoms with Crippen LogP contribution >= 0.6 is 0 Å². The van der Waals surface area contributed by atoms with Gasteiger partial charge in [-0.2, -0.15) is 0 Å². The molecule has 0 aromatic heterocycles. The van der Waals surface area contributed by atoms with E-state index in [1.165, 1.54) is 17.1 Å². The minimum Gasteiger partial charge on any atom is -0.345 e. The van der Waals surface area contributed by atoms with E-state index in [0.29, 0.717) is 25.8 Å². The van der Waals surface area contributed by atoms with E-state index in [-0.39, 0.29) is 47.7 Å². The number of amides is 4. The van der Waals surface area contributed by atoms with Crippen molar-refractivity contribution in [3.63, 3.8) is 0 Å². The molecule has 4 amide bonds. The van der Waals surface area contributed by atoms with E-state index < -0.39 is 12.1 Å². The molecule has 1 heterocycles. The predicted molar refractivity (Wildman–Crippen MR) is 109 cm³/mol. The van der Waals surface area contributed by atoms with Crippen molar-refractivity contribution in [2.75, 3.05) is 6.54 Å². The van der Waals surface area contributed by atoms with Gasteiger partial charge >= 0.3 is 0 Å². The Morgan fingerprint density at radius 2 is 1.48 bits per heavy atom. The van der Waals surface area contributed by atoms with E-state index in [4.69, 9.17) is 0 Å². The first kappa shape index (κ1) is 24.5. The third-order valence-corrected chi connectivity index (χ3v) is 4.81. The first-order valence-corrected chi connectivity index (χ1v) is 10.2. The minimum atomic E-state index is -0.712. The second-order valence-corrected chi connectivity index (χ2v) is 8.05. The molecule has 29 heavy (non-hydrogen) atoms. The van der Waals surface area contributed by atoms with Gasteiger partial charge in [-0.15, -0.1) is 0 Å². The maximum absolute atomic E-state index is 12.5. The molecule has 0 bridgehead atoms. The highest BCUT2D eigenvalue weighted by Gasteiger charge is 2.27. The van der Waals surface area contributed by atoms with Gasteiger partial charge in [0.15, 0.2) is 5.78 Å². The number of nitrogens with zero attached hydrogens (tertiary/aromatic N) is 1. The summed E-state index contributed by atoms with van der Waals surface area (Å²) in [5.41, 5.74) is 0. The summed E-state index contributed by atoms with van der Waals surface area (Å²) in [4.78, 5) is 60.8. The van der Waals surface area contributed by atoms with Crippen LogP contribution in [0.15, 0.2) is 12.2 Å². The lowest BCUT2D eigenvalue weighted by Crippen LogP contribution is -2.53. The van der Waals surface area contributed by atoms with E-state index in [1.54, 1.807) is 20.8 Å². The highest BCUT2D eigenvalue weighted by molar-refractivity contribution is 6.12. The molecule has 1 rings (SSSR count). The molecular weight excluding hydrogens is 374 g/mol. The maximum atomic E-state index is 12.5. The van der Waals surface area contributed by atoms with Crippen molar-refractivity contribution in [1.29, 1.82) is 0 Å². The number of rotatable bonds is 12. The smallest absolute Gasteiger partial charge is 0.253 e. The summed E-state index contributed by atoms with van der Waals surface area (Å²) in [5.74, 6) is -1.57. The van der Waals surface area contributed by atoms with Crippen LogP contribution in [-0.4, -0.2) is 52.9 Å². The van der Waals surface area contributed by atoms with Crippen molar-refractivity contribution in [2.45, 2.75) is 72.4 Å². The fourth-order valence-electron chi connectivity index (χ4n) is 3.04. The van der Waals surface area contributed by atoms with Crippen LogP contribution in [0.1, 0.15) is 60.3 Å². The van der Waals surface area contributed by atoms with Crippen molar-refractivity contribution in [1.82, 2.24) is 15.5 Å². The van der Waals surface area contributed by atoms with Gasteiger partial charge in [-0.3, -0.25) is 28.9 Å². The molecule has 0 aromatic rings. The summed E-state index contributed by atoms with van der Waals surface area (Å²) in [6.07, 6.45) is 4.64. The van der Waals surface area contributed by atoms with Crippen LogP contribution in [0.2, 0.25) is 0 Å². The lowest BCUT2D eigenvalue weighted by atomic mass is 10.00. The van der Waals surface area contributed by atoms with Crippen LogP contribution in [0.25, 0.3) is 0 Å². The Bertz CT molecular complexity index is 651. The Labute approximate surface area is 172 Å². The van der Waals surface area contributed by atoms with Gasteiger partial charge in [-0.05, 0) is 25.7 Å². The summed E-state index contributed by atoms with van der Waals surface area (Å²) in [6, 6.07) is -1.32. The molecule has 8 heteroatoms. The molecule has 0 unspecified atom stereocenters. The van der Waals surface area contributed by atoms with E-state index in [0.717, 1.165) is 0 Å². The summed E-state index contributed by atoms with van der Waals surface area (Å²) in [5, 5.41) is 5.43. The molecule has 0 radical (unpaired) electrons. The van der Waals surface area contributed by atoms with Crippen molar-refractivity contribution in [3.05, 3.63) is 12.2 Å². The summed E-state index contributed by atoms with van der Waals surface area (Å²) >= 11 is 0. The largest absolute Gasteiger partial charge is 0.345 e. The molecule has 2 N–H and O–H groups in total. The Morgan fingerprint density at radius 3 is 2.00 bits per heavy atom. The van der Waals surface area contributed by atoms with Gasteiger partial charge in [-0.1, -0.05) is 34.1 Å². The SMILES string of the molecule is CC(C)C(=O)[C@H](C)NC(=O)[C@@H](NC(=O)CCCCCN1C(=O)C=CC1=O)C(C)C. The number of ketones is 1. The van der Waals surface area contributed by atoms with Gasteiger partial charge in [0, 0.05) is 31.0 Å². The fraction of sp³-hybridized carbons (Fsp3) is 0.667. The lowest BCUT2D eigenvalue weighted by Gasteiger charge is -2.24. The van der Waals surface area contributed by atoms with E-state index in [9.17, 15) is 24.0 Å². The third-order valence-electron chi connectivity index (χ3n) is 4.81. The van der Waals surface area contributed by atoms with Gasteiger partial charge in [0.25, 0.3) is 11.8 Å². The highest BCUT2D eigenvalue weighted by Crippen LogP contribution is 2.09. The van der Waals surface area contributed by atoms with Crippen LogP contribution in [0.3, 0.4) is 0 Å². The second kappa shape index (κ2) is 11.5. The number of carbonyl (C=O) groups excluding carboxylic acids is 5. The molecule has 2 atom stereocenters.